The zero-order chi connectivity index (χ0) is 14.8. The molecule has 0 amide bonds. The number of rotatable bonds is 4. The summed E-state index contributed by atoms with van der Waals surface area (Å²) < 4.78 is 30.9. The number of hydrogen-bond donors (Lipinski definition) is 1. The van der Waals surface area contributed by atoms with E-state index in [0.717, 1.165) is 25.0 Å². The Hall–Kier alpha value is -1.69. The number of nitrogens with two attached hydrogens (primary N) is 1. The fraction of sp³-hybridized carbons (Fsp3) is 0.533. The summed E-state index contributed by atoms with van der Waals surface area (Å²) in [6, 6.07) is 6.43. The first-order chi connectivity index (χ1) is 10.1. The summed E-state index contributed by atoms with van der Waals surface area (Å²) in [7, 11) is 0. The van der Waals surface area contributed by atoms with E-state index in [1.807, 2.05) is 4.90 Å². The number of nitrogens with zero attached hydrogens (tertiary/aromatic N) is 2. The van der Waals surface area contributed by atoms with Gasteiger partial charge in [0.15, 0.2) is 5.96 Å². The lowest BCUT2D eigenvalue weighted by molar-refractivity contribution is 0.0852. The van der Waals surface area contributed by atoms with Crippen LogP contribution in [0.5, 0.6) is 0 Å². The van der Waals surface area contributed by atoms with Crippen molar-refractivity contribution in [3.63, 3.8) is 0 Å². The van der Waals surface area contributed by atoms with E-state index in [4.69, 9.17) is 10.5 Å². The molecule has 0 aliphatic carbocycles. The first-order valence-corrected chi connectivity index (χ1v) is 7.21. The largest absolute Gasteiger partial charge is 0.376 e. The molecule has 2 unspecified atom stereocenters. The normalized spacial score (nSPS) is 25.7. The van der Waals surface area contributed by atoms with E-state index in [1.165, 1.54) is 12.1 Å². The number of aliphatic imine (C=N–C) groups is 1. The number of halogens is 2. The first-order valence-electron chi connectivity index (χ1n) is 7.21. The van der Waals surface area contributed by atoms with Gasteiger partial charge in [0.1, 0.15) is 0 Å². The van der Waals surface area contributed by atoms with Crippen LogP contribution < -0.4 is 5.73 Å². The Kier molecular flexibility index (Phi) is 4.05. The highest BCUT2D eigenvalue weighted by Crippen LogP contribution is 2.29. The Labute approximate surface area is 122 Å². The number of ether oxygens (including phenoxy) is 1. The van der Waals surface area contributed by atoms with Gasteiger partial charge in [0.05, 0.1) is 18.7 Å². The molecule has 1 aromatic carbocycles. The minimum Gasteiger partial charge on any atom is -0.376 e. The summed E-state index contributed by atoms with van der Waals surface area (Å²) >= 11 is 0. The average Bonchev–Trinajstić information content (AvgIpc) is 3.11. The summed E-state index contributed by atoms with van der Waals surface area (Å²) in [4.78, 5) is 6.31. The number of hydrogen-bond acceptors (Lipinski definition) is 4. The van der Waals surface area contributed by atoms with Crippen molar-refractivity contribution < 1.29 is 13.5 Å². The Morgan fingerprint density at radius 1 is 1.33 bits per heavy atom. The van der Waals surface area contributed by atoms with E-state index in [2.05, 4.69) is 4.99 Å². The summed E-state index contributed by atoms with van der Waals surface area (Å²) in [6.45, 7) is 2.06. The average molecular weight is 295 g/mol. The lowest BCUT2D eigenvalue weighted by Gasteiger charge is -2.29. The third-order valence-electron chi connectivity index (χ3n) is 4.09. The van der Waals surface area contributed by atoms with Gasteiger partial charge in [-0.05, 0) is 18.4 Å². The molecule has 1 aromatic rings. The molecule has 1 saturated heterocycles. The molecule has 2 aliphatic rings. The van der Waals surface area contributed by atoms with Crippen molar-refractivity contribution in [3.8, 4) is 0 Å². The molecule has 114 valence electrons. The molecule has 2 atom stereocenters. The van der Waals surface area contributed by atoms with Gasteiger partial charge in [0.2, 0.25) is 0 Å². The van der Waals surface area contributed by atoms with Crippen LogP contribution in [0.4, 0.5) is 8.78 Å². The van der Waals surface area contributed by atoms with Crippen molar-refractivity contribution in [2.75, 3.05) is 19.7 Å². The number of guanidine groups is 1. The SMILES string of the molecule is NC1=NCC(c2ccc(C(F)F)cc2)N1CC1CCCO1. The van der Waals surface area contributed by atoms with E-state index < -0.39 is 6.43 Å². The summed E-state index contributed by atoms with van der Waals surface area (Å²) in [5, 5.41) is 0. The van der Waals surface area contributed by atoms with Crippen molar-refractivity contribution >= 4 is 5.96 Å². The van der Waals surface area contributed by atoms with Gasteiger partial charge < -0.3 is 15.4 Å². The van der Waals surface area contributed by atoms with Crippen molar-refractivity contribution in [1.82, 2.24) is 4.90 Å². The van der Waals surface area contributed by atoms with Crippen LogP contribution in [-0.4, -0.2) is 36.7 Å². The molecule has 4 nitrogen and oxygen atoms in total. The van der Waals surface area contributed by atoms with E-state index >= 15 is 0 Å². The van der Waals surface area contributed by atoms with Gasteiger partial charge in [-0.3, -0.25) is 4.99 Å². The van der Waals surface area contributed by atoms with Gasteiger partial charge in [-0.15, -0.1) is 0 Å². The van der Waals surface area contributed by atoms with Gasteiger partial charge >= 0.3 is 0 Å². The summed E-state index contributed by atoms with van der Waals surface area (Å²) in [6.07, 6.45) is -0.156. The molecule has 21 heavy (non-hydrogen) atoms. The second kappa shape index (κ2) is 5.97. The maximum Gasteiger partial charge on any atom is 0.263 e. The maximum atomic E-state index is 12.6. The summed E-state index contributed by atoms with van der Waals surface area (Å²) in [5.41, 5.74) is 6.96. The number of benzene rings is 1. The molecule has 2 heterocycles. The van der Waals surface area contributed by atoms with Crippen LogP contribution in [0.15, 0.2) is 29.3 Å². The molecule has 2 aliphatic heterocycles. The van der Waals surface area contributed by atoms with E-state index in [9.17, 15) is 8.78 Å². The first kappa shape index (κ1) is 14.3. The lowest BCUT2D eigenvalue weighted by atomic mass is 10.0. The highest BCUT2D eigenvalue weighted by molar-refractivity contribution is 5.80. The van der Waals surface area contributed by atoms with Crippen molar-refractivity contribution in [1.29, 1.82) is 0 Å². The Morgan fingerprint density at radius 3 is 2.71 bits per heavy atom. The Bertz CT molecular complexity index is 512. The molecular weight excluding hydrogens is 276 g/mol. The smallest absolute Gasteiger partial charge is 0.263 e. The second-order valence-corrected chi connectivity index (χ2v) is 5.47. The maximum absolute atomic E-state index is 12.6. The Morgan fingerprint density at radius 2 is 2.10 bits per heavy atom. The van der Waals surface area contributed by atoms with E-state index in [1.54, 1.807) is 12.1 Å². The minimum absolute atomic E-state index is 0.0147. The summed E-state index contributed by atoms with van der Waals surface area (Å²) in [5.74, 6) is 0.508. The van der Waals surface area contributed by atoms with Crippen LogP contribution in [0.2, 0.25) is 0 Å². The molecular formula is C15H19F2N3O. The molecule has 0 bridgehead atoms. The van der Waals surface area contributed by atoms with E-state index in [0.29, 0.717) is 19.0 Å². The van der Waals surface area contributed by atoms with Crippen molar-refractivity contribution in [2.45, 2.75) is 31.4 Å². The van der Waals surface area contributed by atoms with Gasteiger partial charge in [-0.2, -0.15) is 0 Å². The van der Waals surface area contributed by atoms with Gasteiger partial charge in [-0.1, -0.05) is 24.3 Å². The fourth-order valence-electron chi connectivity index (χ4n) is 2.91. The molecule has 0 spiro atoms. The molecule has 1 fully saturated rings. The molecule has 6 heteroatoms. The van der Waals surface area contributed by atoms with Crippen LogP contribution in [0.25, 0.3) is 0 Å². The highest BCUT2D eigenvalue weighted by atomic mass is 19.3. The third-order valence-corrected chi connectivity index (χ3v) is 4.09. The van der Waals surface area contributed by atoms with Crippen LogP contribution in [-0.2, 0) is 4.74 Å². The second-order valence-electron chi connectivity index (χ2n) is 5.47. The zero-order valence-electron chi connectivity index (χ0n) is 11.7. The van der Waals surface area contributed by atoms with Crippen LogP contribution in [0, 0.1) is 0 Å². The zero-order valence-corrected chi connectivity index (χ0v) is 11.7. The lowest BCUT2D eigenvalue weighted by Crippen LogP contribution is -2.41. The van der Waals surface area contributed by atoms with Crippen LogP contribution in [0.1, 0.15) is 36.4 Å². The van der Waals surface area contributed by atoms with Gasteiger partial charge in [0, 0.05) is 18.7 Å². The van der Waals surface area contributed by atoms with Crippen molar-refractivity contribution in [2.24, 2.45) is 10.7 Å². The predicted octanol–water partition coefficient (Wildman–Crippen LogP) is 2.47. The predicted molar refractivity (Wildman–Crippen MR) is 76.3 cm³/mol. The molecule has 2 N–H and O–H groups in total. The van der Waals surface area contributed by atoms with Gasteiger partial charge in [-0.25, -0.2) is 8.78 Å². The standard InChI is InChI=1S/C15H19F2N3O/c16-14(17)11-5-3-10(4-6-11)13-8-19-15(18)20(13)9-12-2-1-7-21-12/h3-6,12-14H,1-2,7-9H2,(H2,18,19). The van der Waals surface area contributed by atoms with Crippen LogP contribution >= 0.6 is 0 Å². The number of alkyl halides is 2. The molecule has 0 saturated carbocycles. The Balaban J connectivity index is 1.73. The van der Waals surface area contributed by atoms with Crippen LogP contribution in [0.3, 0.4) is 0 Å². The van der Waals surface area contributed by atoms with Crippen molar-refractivity contribution in [3.05, 3.63) is 35.4 Å². The van der Waals surface area contributed by atoms with Gasteiger partial charge in [0.25, 0.3) is 6.43 Å². The minimum atomic E-state index is -2.44. The topological polar surface area (TPSA) is 50.8 Å². The highest BCUT2D eigenvalue weighted by Gasteiger charge is 2.30. The molecule has 0 aromatic heterocycles. The molecule has 0 radical (unpaired) electrons. The quantitative estimate of drug-likeness (QED) is 0.928. The monoisotopic (exact) mass is 295 g/mol. The third kappa shape index (κ3) is 3.00. The fourth-order valence-corrected chi connectivity index (χ4v) is 2.91. The molecule has 3 rings (SSSR count). The van der Waals surface area contributed by atoms with E-state index in [-0.39, 0.29) is 17.7 Å².